The third-order valence-electron chi connectivity index (χ3n) is 3.81. The highest BCUT2D eigenvalue weighted by molar-refractivity contribution is 5.93. The summed E-state index contributed by atoms with van der Waals surface area (Å²) in [5, 5.41) is 5.61. The molecule has 0 bridgehead atoms. The van der Waals surface area contributed by atoms with Gasteiger partial charge >= 0.3 is 12.0 Å². The van der Waals surface area contributed by atoms with Gasteiger partial charge in [-0.3, -0.25) is 10.3 Å². The Kier molecular flexibility index (Phi) is 4.33. The Bertz CT molecular complexity index is 743. The number of pyridine rings is 2. The Morgan fingerprint density at radius 2 is 2.00 bits per heavy atom. The van der Waals surface area contributed by atoms with Gasteiger partial charge in [-0.15, -0.1) is 0 Å². The molecule has 3 rings (SSSR count). The number of anilines is 1. The van der Waals surface area contributed by atoms with E-state index in [-0.39, 0.29) is 17.6 Å². The zero-order chi connectivity index (χ0) is 16.2. The average Bonchev–Trinajstić information content (AvgIpc) is 3.06. The molecule has 8 heteroatoms. The molecule has 0 spiro atoms. The molecule has 0 aliphatic heterocycles. The van der Waals surface area contributed by atoms with Crippen LogP contribution in [0.2, 0.25) is 0 Å². The van der Waals surface area contributed by atoms with Crippen LogP contribution < -0.4 is 16.5 Å². The minimum atomic E-state index is -0.696. The molecule has 0 atom stereocenters. The zero-order valence-corrected chi connectivity index (χ0v) is 12.4. The molecule has 8 nitrogen and oxygen atoms in total. The molecule has 2 aromatic heterocycles. The van der Waals surface area contributed by atoms with Crippen LogP contribution in [-0.4, -0.2) is 28.0 Å². The Balaban J connectivity index is 1.75. The molecule has 2 amide bonds. The van der Waals surface area contributed by atoms with Crippen molar-refractivity contribution in [3.8, 4) is 0 Å². The van der Waals surface area contributed by atoms with Crippen molar-refractivity contribution in [3.63, 3.8) is 0 Å². The summed E-state index contributed by atoms with van der Waals surface area (Å²) in [6.45, 7) is 0. The van der Waals surface area contributed by atoms with Gasteiger partial charge in [0.15, 0.2) is 0 Å². The number of nitrogens with two attached hydrogens (primary N) is 1. The lowest BCUT2D eigenvalue weighted by atomic mass is 10.2. The van der Waals surface area contributed by atoms with Crippen LogP contribution in [-0.2, 0) is 4.84 Å². The van der Waals surface area contributed by atoms with Gasteiger partial charge in [0.1, 0.15) is 5.82 Å². The molecule has 1 aliphatic carbocycles. The van der Waals surface area contributed by atoms with Crippen LogP contribution in [0.4, 0.5) is 10.6 Å². The summed E-state index contributed by atoms with van der Waals surface area (Å²) in [7, 11) is 0. The minimum absolute atomic E-state index is 0.194. The Morgan fingerprint density at radius 1 is 1.22 bits per heavy atom. The monoisotopic (exact) mass is 315 g/mol. The van der Waals surface area contributed by atoms with Gasteiger partial charge in [0.25, 0.3) is 0 Å². The molecule has 0 radical (unpaired) electrons. The van der Waals surface area contributed by atoms with Crippen LogP contribution in [0.25, 0.3) is 11.0 Å². The van der Waals surface area contributed by atoms with Crippen LogP contribution >= 0.6 is 0 Å². The summed E-state index contributed by atoms with van der Waals surface area (Å²) in [6, 6.07) is 4.82. The molecule has 2 aromatic rings. The number of amides is 2. The van der Waals surface area contributed by atoms with Crippen LogP contribution in [0.1, 0.15) is 36.0 Å². The van der Waals surface area contributed by atoms with Crippen molar-refractivity contribution in [2.75, 3.05) is 5.32 Å². The summed E-state index contributed by atoms with van der Waals surface area (Å²) in [6.07, 6.45) is 5.66. The number of carbonyl (C=O) groups is 2. The zero-order valence-electron chi connectivity index (χ0n) is 12.4. The van der Waals surface area contributed by atoms with Crippen molar-refractivity contribution in [1.82, 2.24) is 15.3 Å². The fraction of sp³-hybridized carbons (Fsp3) is 0.333. The van der Waals surface area contributed by atoms with E-state index < -0.39 is 5.97 Å². The molecule has 1 fully saturated rings. The third kappa shape index (κ3) is 3.54. The number of aromatic nitrogens is 2. The molecule has 1 saturated carbocycles. The van der Waals surface area contributed by atoms with Crippen molar-refractivity contribution in [2.45, 2.75) is 31.7 Å². The summed E-state index contributed by atoms with van der Waals surface area (Å²) >= 11 is 0. The van der Waals surface area contributed by atoms with Crippen LogP contribution in [0, 0.1) is 0 Å². The number of fused-ring (bicyclic) bond motifs is 1. The molecule has 120 valence electrons. The van der Waals surface area contributed by atoms with Crippen LogP contribution in [0.3, 0.4) is 0 Å². The van der Waals surface area contributed by atoms with E-state index in [2.05, 4.69) is 25.4 Å². The van der Waals surface area contributed by atoms with Gasteiger partial charge in [-0.25, -0.2) is 14.6 Å². The Morgan fingerprint density at radius 3 is 2.74 bits per heavy atom. The highest BCUT2D eigenvalue weighted by atomic mass is 16.7. The van der Waals surface area contributed by atoms with Crippen molar-refractivity contribution >= 4 is 28.9 Å². The van der Waals surface area contributed by atoms with E-state index >= 15 is 0 Å². The maximum Gasteiger partial charge on any atom is 0.358 e. The molecule has 0 aromatic carbocycles. The van der Waals surface area contributed by atoms with E-state index in [0.717, 1.165) is 25.7 Å². The van der Waals surface area contributed by atoms with E-state index in [1.54, 1.807) is 12.1 Å². The highest BCUT2D eigenvalue weighted by Crippen LogP contribution is 2.18. The highest BCUT2D eigenvalue weighted by Gasteiger charge is 2.17. The molecule has 0 unspecified atom stereocenters. The second-order valence-corrected chi connectivity index (χ2v) is 5.44. The van der Waals surface area contributed by atoms with Crippen molar-refractivity contribution in [1.29, 1.82) is 0 Å². The largest absolute Gasteiger partial charge is 0.370 e. The lowest BCUT2D eigenvalue weighted by molar-refractivity contribution is 0.0503. The standard InChI is InChI=1S/C15H17N5O3/c16-23-14(21)9-7-12-11(17-8-9)5-6-13(19-12)20-15(22)18-10-3-1-2-4-10/h5-8,10H,1-4,16H2,(H2,18,19,20,22). The number of carbonyl (C=O) groups excluding carboxylic acids is 2. The SMILES string of the molecule is NOC(=O)c1cnc2ccc(NC(=O)NC3CCCC3)nc2c1. The minimum Gasteiger partial charge on any atom is -0.370 e. The topological polar surface area (TPSA) is 119 Å². The molecule has 0 saturated heterocycles. The Hall–Kier alpha value is -2.74. The maximum absolute atomic E-state index is 12.0. The number of hydrogen-bond donors (Lipinski definition) is 3. The van der Waals surface area contributed by atoms with E-state index in [9.17, 15) is 9.59 Å². The summed E-state index contributed by atoms with van der Waals surface area (Å²) < 4.78 is 0. The lowest BCUT2D eigenvalue weighted by Gasteiger charge is -2.12. The maximum atomic E-state index is 12.0. The van der Waals surface area contributed by atoms with Gasteiger partial charge in [0.05, 0.1) is 16.6 Å². The van der Waals surface area contributed by atoms with Crippen LogP contribution in [0.5, 0.6) is 0 Å². The fourth-order valence-electron chi connectivity index (χ4n) is 2.66. The normalized spacial score (nSPS) is 14.7. The van der Waals surface area contributed by atoms with Gasteiger partial charge in [-0.2, -0.15) is 5.90 Å². The molecule has 2 heterocycles. The number of nitrogens with zero attached hydrogens (tertiary/aromatic N) is 2. The first-order chi connectivity index (χ1) is 11.2. The quantitative estimate of drug-likeness (QED) is 0.742. The lowest BCUT2D eigenvalue weighted by Crippen LogP contribution is -2.36. The first-order valence-corrected chi connectivity index (χ1v) is 7.41. The Labute approximate surface area is 132 Å². The van der Waals surface area contributed by atoms with E-state index in [1.807, 2.05) is 0 Å². The van der Waals surface area contributed by atoms with Gasteiger partial charge in [0.2, 0.25) is 0 Å². The molecule has 1 aliphatic rings. The average molecular weight is 315 g/mol. The molecule has 4 N–H and O–H groups in total. The number of hydrogen-bond acceptors (Lipinski definition) is 6. The molecule has 23 heavy (non-hydrogen) atoms. The summed E-state index contributed by atoms with van der Waals surface area (Å²) in [4.78, 5) is 35.9. The summed E-state index contributed by atoms with van der Waals surface area (Å²) in [5.74, 6) is 4.55. The van der Waals surface area contributed by atoms with E-state index in [0.29, 0.717) is 16.9 Å². The second kappa shape index (κ2) is 6.57. The first kappa shape index (κ1) is 15.2. The predicted molar refractivity (Wildman–Crippen MR) is 83.6 cm³/mol. The third-order valence-corrected chi connectivity index (χ3v) is 3.81. The van der Waals surface area contributed by atoms with Gasteiger partial charge in [-0.1, -0.05) is 12.8 Å². The van der Waals surface area contributed by atoms with Gasteiger partial charge < -0.3 is 10.2 Å². The number of rotatable bonds is 3. The second-order valence-electron chi connectivity index (χ2n) is 5.44. The van der Waals surface area contributed by atoms with Crippen molar-refractivity contribution in [3.05, 3.63) is 30.0 Å². The fourth-order valence-corrected chi connectivity index (χ4v) is 2.66. The van der Waals surface area contributed by atoms with Gasteiger partial charge in [0, 0.05) is 12.2 Å². The van der Waals surface area contributed by atoms with E-state index in [1.165, 1.54) is 12.3 Å². The first-order valence-electron chi connectivity index (χ1n) is 7.41. The van der Waals surface area contributed by atoms with E-state index in [4.69, 9.17) is 5.90 Å². The molecular formula is C15H17N5O3. The predicted octanol–water partition coefficient (Wildman–Crippen LogP) is 1.72. The number of urea groups is 1. The summed E-state index contributed by atoms with van der Waals surface area (Å²) in [5.41, 5.74) is 1.26. The van der Waals surface area contributed by atoms with Crippen LogP contribution in [0.15, 0.2) is 24.4 Å². The van der Waals surface area contributed by atoms with Crippen molar-refractivity contribution in [2.24, 2.45) is 5.90 Å². The smallest absolute Gasteiger partial charge is 0.358 e. The van der Waals surface area contributed by atoms with Crippen molar-refractivity contribution < 1.29 is 14.4 Å². The molecular weight excluding hydrogens is 298 g/mol. The van der Waals surface area contributed by atoms with Gasteiger partial charge in [-0.05, 0) is 31.0 Å². The number of nitrogens with one attached hydrogen (secondary N) is 2.